The molecule has 1 aliphatic heterocycles. The molecule has 1 aromatic heterocycles. The summed E-state index contributed by atoms with van der Waals surface area (Å²) in [7, 11) is 0. The van der Waals surface area contributed by atoms with Crippen molar-refractivity contribution in [3.8, 4) is 6.07 Å². The number of aryl methyl sites for hydroxylation is 1. The Bertz CT molecular complexity index is 878. The van der Waals surface area contributed by atoms with Gasteiger partial charge in [0.1, 0.15) is 5.82 Å². The van der Waals surface area contributed by atoms with Crippen molar-refractivity contribution < 1.29 is 9.84 Å². The van der Waals surface area contributed by atoms with Crippen LogP contribution in [0.1, 0.15) is 18.9 Å². The molecular formula is C20H25BrN6O2. The smallest absolute Gasteiger partial charge is 0.228 e. The SMILES string of the molecule is Cc1cnc(NC2=CC(CO)=C(Br)C(C#N)C2C)nc1NC1COCCC1C=N. The van der Waals surface area contributed by atoms with Gasteiger partial charge in [-0.15, -0.1) is 0 Å². The zero-order chi connectivity index (χ0) is 21.0. The molecule has 9 heteroatoms. The molecular weight excluding hydrogens is 436 g/mol. The zero-order valence-electron chi connectivity index (χ0n) is 16.4. The van der Waals surface area contributed by atoms with Crippen molar-refractivity contribution in [3.63, 3.8) is 0 Å². The highest BCUT2D eigenvalue weighted by Gasteiger charge is 2.30. The van der Waals surface area contributed by atoms with Gasteiger partial charge < -0.3 is 25.9 Å². The number of hydrogen-bond acceptors (Lipinski definition) is 8. The molecule has 4 N–H and O–H groups in total. The Morgan fingerprint density at radius 3 is 3.00 bits per heavy atom. The first-order valence-corrected chi connectivity index (χ1v) is 10.3. The van der Waals surface area contributed by atoms with Gasteiger partial charge in [0.05, 0.1) is 31.2 Å². The fraction of sp³-hybridized carbons (Fsp3) is 0.500. The number of allylic oxidation sites excluding steroid dienone is 2. The molecule has 1 fully saturated rings. The lowest BCUT2D eigenvalue weighted by molar-refractivity contribution is 0.0735. The van der Waals surface area contributed by atoms with Gasteiger partial charge in [-0.1, -0.05) is 22.9 Å². The van der Waals surface area contributed by atoms with Crippen molar-refractivity contribution in [1.82, 2.24) is 9.97 Å². The van der Waals surface area contributed by atoms with Gasteiger partial charge in [-0.3, -0.25) is 0 Å². The highest BCUT2D eigenvalue weighted by atomic mass is 79.9. The summed E-state index contributed by atoms with van der Waals surface area (Å²) in [5.74, 6) is 0.693. The van der Waals surface area contributed by atoms with Gasteiger partial charge in [0, 0.05) is 46.6 Å². The first kappa shape index (κ1) is 21.4. The summed E-state index contributed by atoms with van der Waals surface area (Å²) < 4.78 is 6.26. The standard InChI is InChI=1S/C20H25BrN6O2/c1-11-8-24-20(27-19(11)25-17-10-29-4-3-13(17)6-22)26-16-5-14(9-28)18(21)15(7-23)12(16)2/h5-6,8,12-13,15,17,22,28H,3-4,9-10H2,1-2H3,(H2,24,25,26,27). The lowest BCUT2D eigenvalue weighted by Gasteiger charge is -2.30. The number of rotatable bonds is 6. The maximum atomic E-state index is 9.61. The van der Waals surface area contributed by atoms with E-state index < -0.39 is 0 Å². The highest BCUT2D eigenvalue weighted by molar-refractivity contribution is 9.11. The third-order valence-corrected chi connectivity index (χ3v) is 6.39. The number of aliphatic hydroxyl groups is 1. The van der Waals surface area contributed by atoms with E-state index in [4.69, 9.17) is 10.1 Å². The Morgan fingerprint density at radius 2 is 2.31 bits per heavy atom. The van der Waals surface area contributed by atoms with Gasteiger partial charge in [0.15, 0.2) is 0 Å². The number of nitriles is 1. The average molecular weight is 461 g/mol. The molecule has 0 bridgehead atoms. The van der Waals surface area contributed by atoms with E-state index >= 15 is 0 Å². The average Bonchev–Trinajstić information content (AvgIpc) is 2.73. The van der Waals surface area contributed by atoms with Crippen LogP contribution >= 0.6 is 15.9 Å². The van der Waals surface area contributed by atoms with Crippen molar-refractivity contribution in [2.75, 3.05) is 30.5 Å². The largest absolute Gasteiger partial charge is 0.392 e. The fourth-order valence-electron chi connectivity index (χ4n) is 3.48. The van der Waals surface area contributed by atoms with Crippen LogP contribution in [0.25, 0.3) is 0 Å². The molecule has 1 aromatic rings. The van der Waals surface area contributed by atoms with Gasteiger partial charge in [-0.25, -0.2) is 4.98 Å². The Kier molecular flexibility index (Phi) is 7.00. The number of nitrogens with one attached hydrogen (secondary N) is 3. The van der Waals surface area contributed by atoms with E-state index in [-0.39, 0.29) is 30.4 Å². The molecule has 0 aromatic carbocycles. The molecule has 0 saturated carbocycles. The summed E-state index contributed by atoms with van der Waals surface area (Å²) in [6.45, 7) is 4.90. The van der Waals surface area contributed by atoms with E-state index in [0.29, 0.717) is 35.0 Å². The molecule has 2 aliphatic rings. The second-order valence-electron chi connectivity index (χ2n) is 7.32. The van der Waals surface area contributed by atoms with Crippen molar-refractivity contribution >= 4 is 33.9 Å². The van der Waals surface area contributed by atoms with Crippen LogP contribution in [0, 0.1) is 41.4 Å². The number of halogens is 1. The highest BCUT2D eigenvalue weighted by Crippen LogP contribution is 2.37. The summed E-state index contributed by atoms with van der Waals surface area (Å²) in [5, 5.41) is 33.4. The summed E-state index contributed by atoms with van der Waals surface area (Å²) >= 11 is 3.44. The van der Waals surface area contributed by atoms with Crippen molar-refractivity contribution in [3.05, 3.63) is 33.6 Å². The molecule has 4 atom stereocenters. The van der Waals surface area contributed by atoms with E-state index in [1.807, 2.05) is 19.9 Å². The normalized spacial score (nSPS) is 27.1. The van der Waals surface area contributed by atoms with Gasteiger partial charge >= 0.3 is 0 Å². The zero-order valence-corrected chi connectivity index (χ0v) is 18.0. The number of anilines is 2. The Labute approximate surface area is 178 Å². The summed E-state index contributed by atoms with van der Waals surface area (Å²) in [6.07, 6.45) is 5.84. The van der Waals surface area contributed by atoms with Crippen LogP contribution in [0.2, 0.25) is 0 Å². The van der Waals surface area contributed by atoms with Gasteiger partial charge in [0.2, 0.25) is 5.95 Å². The topological polar surface area (TPSA) is 127 Å². The summed E-state index contributed by atoms with van der Waals surface area (Å²) in [5.41, 5.74) is 2.33. The summed E-state index contributed by atoms with van der Waals surface area (Å²) in [6, 6.07) is 2.27. The van der Waals surface area contributed by atoms with E-state index in [1.165, 1.54) is 6.21 Å². The molecule has 154 valence electrons. The van der Waals surface area contributed by atoms with Crippen LogP contribution in [-0.2, 0) is 4.74 Å². The summed E-state index contributed by atoms with van der Waals surface area (Å²) in [4.78, 5) is 8.97. The van der Waals surface area contributed by atoms with Crippen LogP contribution in [0.4, 0.5) is 11.8 Å². The van der Waals surface area contributed by atoms with Gasteiger partial charge in [0.25, 0.3) is 0 Å². The lowest BCUT2D eigenvalue weighted by Crippen LogP contribution is -2.39. The quantitative estimate of drug-likeness (QED) is 0.480. The van der Waals surface area contributed by atoms with Gasteiger partial charge in [-0.2, -0.15) is 10.2 Å². The molecule has 0 radical (unpaired) electrons. The van der Waals surface area contributed by atoms with E-state index in [2.05, 4.69) is 42.6 Å². The number of hydrogen-bond donors (Lipinski definition) is 4. The minimum absolute atomic E-state index is 0.0154. The molecule has 0 amide bonds. The van der Waals surface area contributed by atoms with Crippen LogP contribution in [0.3, 0.4) is 0 Å². The van der Waals surface area contributed by atoms with E-state index in [0.717, 1.165) is 17.7 Å². The second-order valence-corrected chi connectivity index (χ2v) is 8.18. The van der Waals surface area contributed by atoms with Crippen molar-refractivity contribution in [1.29, 1.82) is 10.7 Å². The first-order chi connectivity index (χ1) is 14.0. The van der Waals surface area contributed by atoms with Crippen molar-refractivity contribution in [2.24, 2.45) is 17.8 Å². The molecule has 4 unspecified atom stereocenters. The van der Waals surface area contributed by atoms with Crippen LogP contribution in [-0.4, -0.2) is 47.2 Å². The molecule has 1 saturated heterocycles. The second kappa shape index (κ2) is 9.48. The van der Waals surface area contributed by atoms with Crippen molar-refractivity contribution in [2.45, 2.75) is 26.3 Å². The third kappa shape index (κ3) is 4.66. The Morgan fingerprint density at radius 1 is 1.52 bits per heavy atom. The molecule has 8 nitrogen and oxygen atoms in total. The maximum Gasteiger partial charge on any atom is 0.228 e. The molecule has 29 heavy (non-hydrogen) atoms. The lowest BCUT2D eigenvalue weighted by atomic mass is 9.85. The molecule has 0 spiro atoms. The Balaban J connectivity index is 1.83. The molecule has 2 heterocycles. The van der Waals surface area contributed by atoms with Crippen LogP contribution < -0.4 is 10.6 Å². The maximum absolute atomic E-state index is 9.61. The first-order valence-electron chi connectivity index (χ1n) is 9.54. The Hall–Kier alpha value is -2.28. The minimum atomic E-state index is -0.388. The van der Waals surface area contributed by atoms with Crippen LogP contribution in [0.15, 0.2) is 28.0 Å². The van der Waals surface area contributed by atoms with Gasteiger partial charge in [-0.05, 0) is 25.0 Å². The predicted octanol–water partition coefficient (Wildman–Crippen LogP) is 2.98. The predicted molar refractivity (Wildman–Crippen MR) is 115 cm³/mol. The van der Waals surface area contributed by atoms with E-state index in [9.17, 15) is 10.4 Å². The number of ether oxygens (including phenoxy) is 1. The number of aliphatic hydroxyl groups excluding tert-OH is 1. The monoisotopic (exact) mass is 460 g/mol. The minimum Gasteiger partial charge on any atom is -0.392 e. The molecule has 3 rings (SSSR count). The molecule has 1 aliphatic carbocycles. The third-order valence-electron chi connectivity index (χ3n) is 5.38. The van der Waals surface area contributed by atoms with E-state index in [1.54, 1.807) is 6.20 Å². The number of nitrogens with zero attached hydrogens (tertiary/aromatic N) is 3. The van der Waals surface area contributed by atoms with Crippen LogP contribution in [0.5, 0.6) is 0 Å². The fourth-order valence-corrected chi connectivity index (χ4v) is 4.22. The number of aromatic nitrogens is 2.